The van der Waals surface area contributed by atoms with Gasteiger partial charge >= 0.3 is 5.97 Å². The highest BCUT2D eigenvalue weighted by molar-refractivity contribution is 7.89. The zero-order valence-corrected chi connectivity index (χ0v) is 25.6. The molecule has 1 saturated heterocycles. The second-order valence-corrected chi connectivity index (χ2v) is 13.3. The lowest BCUT2D eigenvalue weighted by atomic mass is 10.0. The molecule has 1 aliphatic rings. The van der Waals surface area contributed by atoms with Crippen LogP contribution in [0.25, 0.3) is 0 Å². The average molecular weight is 618 g/mol. The van der Waals surface area contributed by atoms with Crippen LogP contribution >= 0.6 is 11.6 Å². The largest absolute Gasteiger partial charge is 0.494 e. The SMILES string of the molecule is COc1ccc(Cl)c(CN(Cc2cccc(CN3C(C(=O)O)CCS3(=O)=O)c2)[C@@H](Cc2ccccc2)CN(C)C)c1F. The van der Waals surface area contributed by atoms with Gasteiger partial charge in [-0.1, -0.05) is 66.2 Å². The zero-order valence-electron chi connectivity index (χ0n) is 24.0. The molecule has 8 nitrogen and oxygen atoms in total. The first-order chi connectivity index (χ1) is 20.0. The van der Waals surface area contributed by atoms with Gasteiger partial charge in [0.1, 0.15) is 6.04 Å². The Balaban J connectivity index is 1.69. The first kappa shape index (κ1) is 31.9. The van der Waals surface area contributed by atoms with Crippen LogP contribution in [0.1, 0.15) is 28.7 Å². The number of benzene rings is 3. The van der Waals surface area contributed by atoms with Crippen molar-refractivity contribution < 1.29 is 27.4 Å². The number of methoxy groups -OCH3 is 1. The Kier molecular flexibility index (Phi) is 10.6. The van der Waals surface area contributed by atoms with Gasteiger partial charge in [0.05, 0.1) is 12.9 Å². The van der Waals surface area contributed by atoms with Crippen LogP contribution in [0.5, 0.6) is 5.75 Å². The summed E-state index contributed by atoms with van der Waals surface area (Å²) >= 11 is 6.52. The minimum atomic E-state index is -3.67. The van der Waals surface area contributed by atoms with E-state index >= 15 is 4.39 Å². The molecular weight excluding hydrogens is 581 g/mol. The van der Waals surface area contributed by atoms with Crippen molar-refractivity contribution in [3.8, 4) is 5.75 Å². The van der Waals surface area contributed by atoms with Crippen molar-refractivity contribution in [2.75, 3.05) is 33.5 Å². The highest BCUT2D eigenvalue weighted by Crippen LogP contribution is 2.30. The molecule has 2 atom stereocenters. The number of nitrogens with zero attached hydrogens (tertiary/aromatic N) is 3. The van der Waals surface area contributed by atoms with Gasteiger partial charge in [0.15, 0.2) is 11.6 Å². The van der Waals surface area contributed by atoms with Crippen LogP contribution in [-0.4, -0.2) is 79.2 Å². The van der Waals surface area contributed by atoms with Crippen LogP contribution in [-0.2, 0) is 40.9 Å². The Hall–Kier alpha value is -3.02. The fourth-order valence-electron chi connectivity index (χ4n) is 5.42. The van der Waals surface area contributed by atoms with Crippen LogP contribution in [0.2, 0.25) is 5.02 Å². The fourth-order valence-corrected chi connectivity index (χ4v) is 7.31. The van der Waals surface area contributed by atoms with Gasteiger partial charge in [-0.3, -0.25) is 9.69 Å². The van der Waals surface area contributed by atoms with Gasteiger partial charge in [-0.2, -0.15) is 4.31 Å². The summed E-state index contributed by atoms with van der Waals surface area (Å²) < 4.78 is 47.0. The van der Waals surface area contributed by atoms with E-state index < -0.39 is 27.9 Å². The number of hydrogen-bond donors (Lipinski definition) is 1. The number of ether oxygens (including phenoxy) is 1. The summed E-state index contributed by atoms with van der Waals surface area (Å²) in [5.41, 5.74) is 3.03. The van der Waals surface area contributed by atoms with Gasteiger partial charge < -0.3 is 14.7 Å². The van der Waals surface area contributed by atoms with E-state index in [2.05, 4.69) is 21.9 Å². The zero-order chi connectivity index (χ0) is 30.4. The maximum absolute atomic E-state index is 15.5. The van der Waals surface area contributed by atoms with E-state index in [1.54, 1.807) is 12.1 Å². The molecule has 226 valence electrons. The third-order valence-corrected chi connectivity index (χ3v) is 9.70. The highest BCUT2D eigenvalue weighted by Gasteiger charge is 2.41. The van der Waals surface area contributed by atoms with Crippen molar-refractivity contribution in [3.63, 3.8) is 0 Å². The number of hydrogen-bond acceptors (Lipinski definition) is 6. The Bertz CT molecular complexity index is 1490. The summed E-state index contributed by atoms with van der Waals surface area (Å²) in [6.07, 6.45) is 0.762. The van der Waals surface area contributed by atoms with Gasteiger partial charge in [0, 0.05) is 42.8 Å². The third-order valence-electron chi connectivity index (χ3n) is 7.49. The van der Waals surface area contributed by atoms with Crippen LogP contribution in [0.3, 0.4) is 0 Å². The second kappa shape index (κ2) is 14.0. The van der Waals surface area contributed by atoms with Crippen molar-refractivity contribution >= 4 is 27.6 Å². The number of halogens is 2. The van der Waals surface area contributed by atoms with E-state index in [0.29, 0.717) is 35.7 Å². The molecule has 1 N–H and O–H groups in total. The van der Waals surface area contributed by atoms with Crippen LogP contribution in [0, 0.1) is 5.82 Å². The summed E-state index contributed by atoms with van der Waals surface area (Å²) in [7, 11) is 1.73. The lowest BCUT2D eigenvalue weighted by Gasteiger charge is -2.34. The fraction of sp³-hybridized carbons (Fsp3) is 0.387. The van der Waals surface area contributed by atoms with Gasteiger partial charge in [0.2, 0.25) is 10.0 Å². The van der Waals surface area contributed by atoms with Gasteiger partial charge in [-0.15, -0.1) is 0 Å². The Morgan fingerprint density at radius 3 is 2.43 bits per heavy atom. The molecule has 4 rings (SSSR count). The van der Waals surface area contributed by atoms with Gasteiger partial charge in [-0.05, 0) is 55.8 Å². The van der Waals surface area contributed by atoms with Crippen molar-refractivity contribution in [1.29, 1.82) is 0 Å². The molecule has 0 radical (unpaired) electrons. The van der Waals surface area contributed by atoms with Crippen molar-refractivity contribution in [2.45, 2.75) is 44.6 Å². The average Bonchev–Trinajstić information content (AvgIpc) is 3.24. The molecule has 0 amide bonds. The molecule has 0 aliphatic carbocycles. The third kappa shape index (κ3) is 7.87. The van der Waals surface area contributed by atoms with Crippen molar-refractivity contribution in [2.24, 2.45) is 0 Å². The molecule has 1 aliphatic heterocycles. The lowest BCUT2D eigenvalue weighted by molar-refractivity contribution is -0.141. The molecule has 1 unspecified atom stereocenters. The minimum Gasteiger partial charge on any atom is -0.494 e. The molecule has 1 fully saturated rings. The van der Waals surface area contributed by atoms with E-state index in [1.165, 1.54) is 13.2 Å². The van der Waals surface area contributed by atoms with E-state index in [1.807, 2.05) is 50.5 Å². The number of sulfonamides is 1. The topological polar surface area (TPSA) is 90.4 Å². The monoisotopic (exact) mass is 617 g/mol. The molecule has 3 aromatic rings. The summed E-state index contributed by atoms with van der Waals surface area (Å²) in [5, 5.41) is 9.88. The number of carboxylic acid groups (broad SMARTS) is 1. The molecule has 11 heteroatoms. The summed E-state index contributed by atoms with van der Waals surface area (Å²) in [6, 6.07) is 19.5. The van der Waals surface area contributed by atoms with E-state index in [9.17, 15) is 18.3 Å². The molecular formula is C31H37ClFN3O5S. The maximum atomic E-state index is 15.5. The van der Waals surface area contributed by atoms with E-state index in [4.69, 9.17) is 16.3 Å². The molecule has 0 spiro atoms. The molecule has 0 aromatic heterocycles. The maximum Gasteiger partial charge on any atom is 0.322 e. The lowest BCUT2D eigenvalue weighted by Crippen LogP contribution is -2.43. The first-order valence-electron chi connectivity index (χ1n) is 13.7. The van der Waals surface area contributed by atoms with Gasteiger partial charge in [-0.25, -0.2) is 12.8 Å². The minimum absolute atomic E-state index is 0.0331. The van der Waals surface area contributed by atoms with Crippen molar-refractivity contribution in [3.05, 3.63) is 99.8 Å². The van der Waals surface area contributed by atoms with Crippen LogP contribution < -0.4 is 4.74 Å². The molecule has 0 bridgehead atoms. The predicted octanol–water partition coefficient (Wildman–Crippen LogP) is 4.65. The summed E-state index contributed by atoms with van der Waals surface area (Å²) in [5.74, 6) is -1.73. The molecule has 0 saturated carbocycles. The number of aliphatic carboxylic acids is 1. The number of carbonyl (C=O) groups is 1. The van der Waals surface area contributed by atoms with E-state index in [0.717, 1.165) is 15.4 Å². The summed E-state index contributed by atoms with van der Waals surface area (Å²) in [4.78, 5) is 16.0. The predicted molar refractivity (Wildman–Crippen MR) is 162 cm³/mol. The highest BCUT2D eigenvalue weighted by atomic mass is 35.5. The van der Waals surface area contributed by atoms with Gasteiger partial charge in [0.25, 0.3) is 0 Å². The van der Waals surface area contributed by atoms with Crippen LogP contribution in [0.15, 0.2) is 66.7 Å². The number of rotatable bonds is 13. The second-order valence-electron chi connectivity index (χ2n) is 10.9. The normalized spacial score (nSPS) is 17.5. The molecule has 1 heterocycles. The smallest absolute Gasteiger partial charge is 0.322 e. The number of carboxylic acids is 1. The Labute approximate surface area is 252 Å². The quantitative estimate of drug-likeness (QED) is 0.299. The Morgan fingerprint density at radius 2 is 1.76 bits per heavy atom. The Morgan fingerprint density at radius 1 is 1.07 bits per heavy atom. The van der Waals surface area contributed by atoms with Crippen molar-refractivity contribution in [1.82, 2.24) is 14.1 Å². The number of likely N-dealkylation sites (N-methyl/N-ethyl adjacent to an activating group) is 1. The molecule has 42 heavy (non-hydrogen) atoms. The molecule has 3 aromatic carbocycles. The van der Waals surface area contributed by atoms with Crippen LogP contribution in [0.4, 0.5) is 4.39 Å². The summed E-state index contributed by atoms with van der Waals surface area (Å²) in [6.45, 7) is 1.28. The first-order valence-corrected chi connectivity index (χ1v) is 15.7. The van der Waals surface area contributed by atoms with E-state index in [-0.39, 0.29) is 37.1 Å². The standard InChI is InChI=1S/C31H37ClFN3O5S/c1-34(2)20-25(17-22-8-5-4-6-9-22)35(21-26-27(32)12-13-29(41-3)30(26)33)18-23-10-7-11-24(16-23)19-36-28(31(37)38)14-15-42(36,39)40/h4-13,16,25,28H,14-15,17-21H2,1-3H3,(H,37,38)/t25-,28?/m0/s1.